The van der Waals surface area contributed by atoms with Crippen molar-refractivity contribution in [3.63, 3.8) is 0 Å². The SMILES string of the molecule is O=C(N[C@H]1[C@@H](C(=O)O)[C@H]2C=C[C@@H]1C2)OCC1c2ccccc2-c2ccccc21. The van der Waals surface area contributed by atoms with Crippen LogP contribution in [-0.4, -0.2) is 29.8 Å². The summed E-state index contributed by atoms with van der Waals surface area (Å²) < 4.78 is 5.57. The predicted molar refractivity (Wildman–Crippen MR) is 104 cm³/mol. The molecule has 5 heteroatoms. The van der Waals surface area contributed by atoms with E-state index in [-0.39, 0.29) is 24.4 Å². The van der Waals surface area contributed by atoms with E-state index in [1.165, 1.54) is 11.1 Å². The maximum atomic E-state index is 12.5. The molecule has 5 rings (SSSR count). The molecule has 142 valence electrons. The molecule has 1 fully saturated rings. The highest BCUT2D eigenvalue weighted by Crippen LogP contribution is 2.45. The molecule has 5 nitrogen and oxygen atoms in total. The number of carbonyl (C=O) groups is 2. The van der Waals surface area contributed by atoms with Crippen LogP contribution < -0.4 is 5.32 Å². The number of ether oxygens (including phenoxy) is 1. The van der Waals surface area contributed by atoms with Gasteiger partial charge in [0.05, 0.1) is 12.0 Å². The first-order valence-corrected chi connectivity index (χ1v) is 9.66. The molecule has 3 aliphatic carbocycles. The summed E-state index contributed by atoms with van der Waals surface area (Å²) in [4.78, 5) is 24.1. The summed E-state index contributed by atoms with van der Waals surface area (Å²) >= 11 is 0. The lowest BCUT2D eigenvalue weighted by Gasteiger charge is -2.25. The third kappa shape index (κ3) is 2.61. The van der Waals surface area contributed by atoms with Gasteiger partial charge in [0, 0.05) is 5.92 Å². The van der Waals surface area contributed by atoms with Gasteiger partial charge in [-0.25, -0.2) is 4.79 Å². The summed E-state index contributed by atoms with van der Waals surface area (Å²) in [7, 11) is 0. The number of benzene rings is 2. The van der Waals surface area contributed by atoms with Crippen molar-refractivity contribution in [1.82, 2.24) is 5.32 Å². The Bertz CT molecular complexity index is 937. The van der Waals surface area contributed by atoms with E-state index >= 15 is 0 Å². The van der Waals surface area contributed by atoms with Gasteiger partial charge in [-0.3, -0.25) is 4.79 Å². The smallest absolute Gasteiger partial charge is 0.407 e. The number of hydrogen-bond donors (Lipinski definition) is 2. The van der Waals surface area contributed by atoms with E-state index in [9.17, 15) is 14.7 Å². The van der Waals surface area contributed by atoms with Gasteiger partial charge in [-0.2, -0.15) is 0 Å². The second kappa shape index (κ2) is 6.51. The Labute approximate surface area is 163 Å². The van der Waals surface area contributed by atoms with Gasteiger partial charge in [0.25, 0.3) is 0 Å². The van der Waals surface area contributed by atoms with E-state index < -0.39 is 24.0 Å². The summed E-state index contributed by atoms with van der Waals surface area (Å²) in [6, 6.07) is 15.9. The molecular weight excluding hydrogens is 354 g/mol. The third-order valence-corrected chi connectivity index (χ3v) is 6.37. The zero-order valence-electron chi connectivity index (χ0n) is 15.2. The molecule has 3 aliphatic rings. The van der Waals surface area contributed by atoms with Crippen LogP contribution in [0.1, 0.15) is 23.5 Å². The fourth-order valence-electron chi connectivity index (χ4n) is 5.13. The summed E-state index contributed by atoms with van der Waals surface area (Å²) in [5, 5.41) is 12.3. The van der Waals surface area contributed by atoms with E-state index in [2.05, 4.69) is 29.6 Å². The second-order valence-electron chi connectivity index (χ2n) is 7.81. The molecule has 2 N–H and O–H groups in total. The molecule has 0 heterocycles. The second-order valence-corrected chi connectivity index (χ2v) is 7.81. The number of hydrogen-bond acceptors (Lipinski definition) is 3. The summed E-state index contributed by atoms with van der Waals surface area (Å²) in [5.41, 5.74) is 4.66. The average molecular weight is 375 g/mol. The number of aliphatic carboxylic acids is 1. The van der Waals surface area contributed by atoms with Crippen LogP contribution in [0.15, 0.2) is 60.7 Å². The largest absolute Gasteiger partial charge is 0.481 e. The minimum atomic E-state index is -0.860. The van der Waals surface area contributed by atoms with Crippen molar-refractivity contribution in [3.05, 3.63) is 71.8 Å². The van der Waals surface area contributed by atoms with Gasteiger partial charge in [0.15, 0.2) is 0 Å². The van der Waals surface area contributed by atoms with Crippen LogP contribution in [0.25, 0.3) is 11.1 Å². The van der Waals surface area contributed by atoms with Gasteiger partial charge in [-0.15, -0.1) is 0 Å². The van der Waals surface area contributed by atoms with E-state index in [1.807, 2.05) is 36.4 Å². The van der Waals surface area contributed by atoms with E-state index in [1.54, 1.807) is 0 Å². The van der Waals surface area contributed by atoms with Crippen molar-refractivity contribution >= 4 is 12.1 Å². The molecule has 2 bridgehead atoms. The first-order valence-electron chi connectivity index (χ1n) is 9.66. The number of allylic oxidation sites excluding steroid dienone is 1. The number of nitrogens with one attached hydrogen (secondary N) is 1. The van der Waals surface area contributed by atoms with Crippen LogP contribution in [0.4, 0.5) is 4.79 Å². The number of alkyl carbamates (subject to hydrolysis) is 1. The first-order chi connectivity index (χ1) is 13.6. The highest BCUT2D eigenvalue weighted by atomic mass is 16.5. The fourth-order valence-corrected chi connectivity index (χ4v) is 5.13. The monoisotopic (exact) mass is 375 g/mol. The molecule has 2 aromatic carbocycles. The lowest BCUT2D eigenvalue weighted by molar-refractivity contribution is -0.143. The highest BCUT2D eigenvalue weighted by Gasteiger charge is 2.49. The number of carbonyl (C=O) groups excluding carboxylic acids is 1. The first kappa shape index (κ1) is 17.0. The van der Waals surface area contributed by atoms with Crippen molar-refractivity contribution in [2.45, 2.75) is 18.4 Å². The molecular formula is C23H21NO4. The minimum absolute atomic E-state index is 0.00128. The fraction of sp³-hybridized carbons (Fsp3) is 0.304. The van der Waals surface area contributed by atoms with Gasteiger partial charge in [-0.05, 0) is 40.5 Å². The van der Waals surface area contributed by atoms with Crippen LogP contribution >= 0.6 is 0 Å². The van der Waals surface area contributed by atoms with Gasteiger partial charge >= 0.3 is 12.1 Å². The standard InChI is InChI=1S/C23H21NO4/c25-22(26)20-13-9-10-14(11-13)21(20)24-23(27)28-12-19-17-7-3-1-5-15(17)16-6-2-4-8-18(16)19/h1-10,13-14,19-21H,11-12H2,(H,24,27)(H,25,26)/t13-,14+,20-,21+/m0/s1. The lowest BCUT2D eigenvalue weighted by Crippen LogP contribution is -2.46. The summed E-state index contributed by atoms with van der Waals surface area (Å²) in [6.07, 6.45) is 4.21. The van der Waals surface area contributed by atoms with E-state index in [4.69, 9.17) is 4.74 Å². The molecule has 0 unspecified atom stereocenters. The summed E-state index contributed by atoms with van der Waals surface area (Å²) in [5.74, 6) is -1.36. The molecule has 1 saturated carbocycles. The summed E-state index contributed by atoms with van der Waals surface area (Å²) in [6.45, 7) is 0.230. The van der Waals surface area contributed by atoms with Crippen LogP contribution in [0.2, 0.25) is 0 Å². The lowest BCUT2D eigenvalue weighted by atomic mass is 9.89. The maximum Gasteiger partial charge on any atom is 0.407 e. The van der Waals surface area contributed by atoms with Crippen molar-refractivity contribution in [2.24, 2.45) is 17.8 Å². The molecule has 1 amide bonds. The number of rotatable bonds is 4. The normalized spacial score (nSPS) is 26.7. The zero-order chi connectivity index (χ0) is 19.3. The molecule has 0 saturated heterocycles. The van der Waals surface area contributed by atoms with Gasteiger partial charge < -0.3 is 15.2 Å². The number of fused-ring (bicyclic) bond motifs is 5. The molecule has 0 aromatic heterocycles. The molecule has 4 atom stereocenters. The zero-order valence-corrected chi connectivity index (χ0v) is 15.2. The van der Waals surface area contributed by atoms with E-state index in [0.717, 1.165) is 17.5 Å². The molecule has 0 spiro atoms. The Morgan fingerprint density at radius 1 is 0.964 bits per heavy atom. The number of carboxylic acid groups (broad SMARTS) is 1. The van der Waals surface area contributed by atoms with Crippen LogP contribution in [0.3, 0.4) is 0 Å². The topological polar surface area (TPSA) is 75.6 Å². The quantitative estimate of drug-likeness (QED) is 0.797. The van der Waals surface area contributed by atoms with E-state index in [0.29, 0.717) is 0 Å². The van der Waals surface area contributed by atoms with Crippen molar-refractivity contribution in [2.75, 3.05) is 6.61 Å². The van der Waals surface area contributed by atoms with Gasteiger partial charge in [-0.1, -0.05) is 60.7 Å². The van der Waals surface area contributed by atoms with Crippen LogP contribution in [0.5, 0.6) is 0 Å². The molecule has 2 aromatic rings. The van der Waals surface area contributed by atoms with Crippen LogP contribution in [-0.2, 0) is 9.53 Å². The Hall–Kier alpha value is -3.08. The molecule has 28 heavy (non-hydrogen) atoms. The van der Waals surface area contributed by atoms with Crippen molar-refractivity contribution in [1.29, 1.82) is 0 Å². The maximum absolute atomic E-state index is 12.5. The number of carboxylic acids is 1. The highest BCUT2D eigenvalue weighted by molar-refractivity contribution is 5.79. The predicted octanol–water partition coefficient (Wildman–Crippen LogP) is 3.80. The van der Waals surface area contributed by atoms with Gasteiger partial charge in [0.2, 0.25) is 0 Å². The Morgan fingerprint density at radius 2 is 1.57 bits per heavy atom. The third-order valence-electron chi connectivity index (χ3n) is 6.37. The van der Waals surface area contributed by atoms with Crippen molar-refractivity contribution in [3.8, 4) is 11.1 Å². The Balaban J connectivity index is 1.30. The Kier molecular flexibility index (Phi) is 3.97. The molecule has 0 radical (unpaired) electrons. The molecule has 0 aliphatic heterocycles. The minimum Gasteiger partial charge on any atom is -0.481 e. The van der Waals surface area contributed by atoms with Gasteiger partial charge in [0.1, 0.15) is 6.61 Å². The van der Waals surface area contributed by atoms with Crippen LogP contribution in [0, 0.1) is 17.8 Å². The average Bonchev–Trinajstić information content (AvgIpc) is 3.38. The Morgan fingerprint density at radius 3 is 2.21 bits per heavy atom. The number of amides is 1. The van der Waals surface area contributed by atoms with Crippen molar-refractivity contribution < 1.29 is 19.4 Å².